The Morgan fingerprint density at radius 3 is 2.76 bits per heavy atom. The van der Waals surface area contributed by atoms with E-state index in [1.54, 1.807) is 6.07 Å². The Bertz CT molecular complexity index is 455. The first-order chi connectivity index (χ1) is 10.2. The van der Waals surface area contributed by atoms with Crippen LogP contribution in [0.4, 0.5) is 0 Å². The van der Waals surface area contributed by atoms with E-state index in [2.05, 4.69) is 0 Å². The lowest BCUT2D eigenvalue weighted by Crippen LogP contribution is -2.43. The molecule has 1 fully saturated rings. The summed E-state index contributed by atoms with van der Waals surface area (Å²) in [6.45, 7) is 2.82. The quantitative estimate of drug-likeness (QED) is 0.876. The van der Waals surface area contributed by atoms with Crippen molar-refractivity contribution >= 4 is 5.91 Å². The molecule has 4 heteroatoms. The predicted molar refractivity (Wildman–Crippen MR) is 82.1 cm³/mol. The van der Waals surface area contributed by atoms with Crippen LogP contribution in [0.15, 0.2) is 24.3 Å². The lowest BCUT2D eigenvalue weighted by molar-refractivity contribution is -0.136. The van der Waals surface area contributed by atoms with Crippen LogP contribution in [0.25, 0.3) is 0 Å². The smallest absolute Gasteiger partial charge is 0.260 e. The number of amides is 1. The fourth-order valence-corrected chi connectivity index (χ4v) is 2.99. The van der Waals surface area contributed by atoms with Gasteiger partial charge in [0.15, 0.2) is 6.61 Å². The molecule has 1 aliphatic rings. The second-order valence-electron chi connectivity index (χ2n) is 5.57. The predicted octanol–water partition coefficient (Wildman–Crippen LogP) is 2.74. The van der Waals surface area contributed by atoms with Gasteiger partial charge in [0.2, 0.25) is 0 Å². The third-order valence-corrected chi connectivity index (χ3v) is 4.12. The Morgan fingerprint density at radius 1 is 1.33 bits per heavy atom. The van der Waals surface area contributed by atoms with E-state index >= 15 is 0 Å². The summed E-state index contributed by atoms with van der Waals surface area (Å²) < 4.78 is 5.58. The Kier molecular flexibility index (Phi) is 6.05. The highest BCUT2D eigenvalue weighted by Crippen LogP contribution is 2.22. The second kappa shape index (κ2) is 8.03. The zero-order valence-corrected chi connectivity index (χ0v) is 12.8. The Morgan fingerprint density at radius 2 is 2.10 bits per heavy atom. The van der Waals surface area contributed by atoms with Gasteiger partial charge in [0, 0.05) is 12.6 Å². The van der Waals surface area contributed by atoms with E-state index in [0.717, 1.165) is 24.9 Å². The molecule has 0 aromatic heterocycles. The first-order valence-corrected chi connectivity index (χ1v) is 7.86. The largest absolute Gasteiger partial charge is 0.484 e. The zero-order valence-electron chi connectivity index (χ0n) is 12.8. The van der Waals surface area contributed by atoms with Crippen LogP contribution in [-0.4, -0.2) is 35.1 Å². The summed E-state index contributed by atoms with van der Waals surface area (Å²) >= 11 is 0. The van der Waals surface area contributed by atoms with Crippen molar-refractivity contribution in [3.63, 3.8) is 0 Å². The second-order valence-corrected chi connectivity index (χ2v) is 5.57. The average Bonchev–Trinajstić information content (AvgIpc) is 2.55. The van der Waals surface area contributed by atoms with Crippen LogP contribution in [0.2, 0.25) is 0 Å². The van der Waals surface area contributed by atoms with Gasteiger partial charge in [-0.25, -0.2) is 0 Å². The highest BCUT2D eigenvalue weighted by Gasteiger charge is 2.24. The maximum atomic E-state index is 12.4. The maximum absolute atomic E-state index is 12.4. The molecule has 1 aliphatic carbocycles. The van der Waals surface area contributed by atoms with Gasteiger partial charge in [-0.15, -0.1) is 0 Å². The number of likely N-dealkylation sites (N-methyl/N-ethyl adjacent to an activating group) is 1. The average molecular weight is 291 g/mol. The Labute approximate surface area is 126 Å². The normalized spacial score (nSPS) is 15.7. The van der Waals surface area contributed by atoms with E-state index in [1.807, 2.05) is 30.0 Å². The van der Waals surface area contributed by atoms with Gasteiger partial charge in [-0.3, -0.25) is 4.79 Å². The van der Waals surface area contributed by atoms with Crippen molar-refractivity contribution in [2.75, 3.05) is 13.2 Å². The summed E-state index contributed by atoms with van der Waals surface area (Å²) in [5, 5.41) is 9.11. The maximum Gasteiger partial charge on any atom is 0.260 e. The molecule has 4 nitrogen and oxygen atoms in total. The van der Waals surface area contributed by atoms with Gasteiger partial charge >= 0.3 is 0 Å². The molecule has 0 heterocycles. The fraction of sp³-hybridized carbons (Fsp3) is 0.588. The van der Waals surface area contributed by atoms with Crippen LogP contribution in [0, 0.1) is 0 Å². The molecule has 2 rings (SSSR count). The zero-order chi connectivity index (χ0) is 15.1. The van der Waals surface area contributed by atoms with Gasteiger partial charge in [-0.2, -0.15) is 0 Å². The van der Waals surface area contributed by atoms with Crippen molar-refractivity contribution in [1.82, 2.24) is 4.90 Å². The van der Waals surface area contributed by atoms with Gasteiger partial charge in [0.25, 0.3) is 5.91 Å². The minimum Gasteiger partial charge on any atom is -0.484 e. The van der Waals surface area contributed by atoms with Crippen molar-refractivity contribution in [3.05, 3.63) is 29.8 Å². The highest BCUT2D eigenvalue weighted by molar-refractivity contribution is 5.78. The molecule has 0 aliphatic heterocycles. The van der Waals surface area contributed by atoms with Crippen molar-refractivity contribution in [2.45, 2.75) is 51.7 Å². The van der Waals surface area contributed by atoms with E-state index in [1.165, 1.54) is 19.3 Å². The number of hydrogen-bond donors (Lipinski definition) is 1. The van der Waals surface area contributed by atoms with E-state index < -0.39 is 0 Å². The molecule has 0 saturated heterocycles. The van der Waals surface area contributed by atoms with Crippen molar-refractivity contribution in [2.24, 2.45) is 0 Å². The summed E-state index contributed by atoms with van der Waals surface area (Å²) in [7, 11) is 0. The molecule has 1 amide bonds. The van der Waals surface area contributed by atoms with Gasteiger partial charge in [-0.05, 0) is 37.5 Å². The molecule has 0 radical (unpaired) electrons. The van der Waals surface area contributed by atoms with Gasteiger partial charge in [0.05, 0.1) is 6.61 Å². The van der Waals surface area contributed by atoms with Crippen LogP contribution < -0.4 is 4.74 Å². The van der Waals surface area contributed by atoms with E-state index in [4.69, 9.17) is 9.84 Å². The third kappa shape index (κ3) is 4.46. The number of aliphatic hydroxyl groups is 1. The molecule has 0 spiro atoms. The summed E-state index contributed by atoms with van der Waals surface area (Å²) in [5.41, 5.74) is 0.791. The van der Waals surface area contributed by atoms with E-state index in [9.17, 15) is 4.79 Å². The molecule has 1 N–H and O–H groups in total. The summed E-state index contributed by atoms with van der Waals surface area (Å²) in [4.78, 5) is 14.3. The van der Waals surface area contributed by atoms with E-state index in [0.29, 0.717) is 11.8 Å². The van der Waals surface area contributed by atoms with Gasteiger partial charge in [-0.1, -0.05) is 31.4 Å². The first-order valence-electron chi connectivity index (χ1n) is 7.86. The van der Waals surface area contributed by atoms with Crippen molar-refractivity contribution in [1.29, 1.82) is 0 Å². The van der Waals surface area contributed by atoms with Crippen LogP contribution >= 0.6 is 0 Å². The minimum atomic E-state index is -0.0195. The number of rotatable bonds is 6. The number of nitrogens with zero attached hydrogens (tertiary/aromatic N) is 1. The molecule has 1 aromatic carbocycles. The number of hydrogen-bond acceptors (Lipinski definition) is 3. The van der Waals surface area contributed by atoms with Crippen molar-refractivity contribution in [3.8, 4) is 5.75 Å². The molecule has 0 atom stereocenters. The number of aliphatic hydroxyl groups excluding tert-OH is 1. The van der Waals surface area contributed by atoms with Crippen LogP contribution in [0.3, 0.4) is 0 Å². The third-order valence-electron chi connectivity index (χ3n) is 4.12. The molecule has 116 valence electrons. The summed E-state index contributed by atoms with van der Waals surface area (Å²) in [5.74, 6) is 0.688. The number of ether oxygens (including phenoxy) is 1. The number of carbonyl (C=O) groups is 1. The van der Waals surface area contributed by atoms with Gasteiger partial charge < -0.3 is 14.7 Å². The number of benzene rings is 1. The van der Waals surface area contributed by atoms with Crippen LogP contribution in [0.1, 0.15) is 44.6 Å². The monoisotopic (exact) mass is 291 g/mol. The lowest BCUT2D eigenvalue weighted by atomic mass is 9.94. The van der Waals surface area contributed by atoms with Gasteiger partial charge in [0.1, 0.15) is 5.75 Å². The fourth-order valence-electron chi connectivity index (χ4n) is 2.99. The van der Waals surface area contributed by atoms with Crippen molar-refractivity contribution < 1.29 is 14.6 Å². The molecule has 1 saturated carbocycles. The molecular weight excluding hydrogens is 266 g/mol. The summed E-state index contributed by atoms with van der Waals surface area (Å²) in [6.07, 6.45) is 5.94. The number of carbonyl (C=O) groups excluding carboxylic acids is 1. The molecule has 0 unspecified atom stereocenters. The standard InChI is InChI=1S/C17H25NO3/c1-2-18(15-8-4-3-5-9-15)17(20)13-21-16-10-6-7-14(11-16)12-19/h6-7,10-11,15,19H,2-5,8-9,12-13H2,1H3. The van der Waals surface area contributed by atoms with E-state index in [-0.39, 0.29) is 19.1 Å². The summed E-state index contributed by atoms with van der Waals surface area (Å²) in [6, 6.07) is 7.61. The molecule has 1 aromatic rings. The molecule has 21 heavy (non-hydrogen) atoms. The van der Waals surface area contributed by atoms with Crippen LogP contribution in [0.5, 0.6) is 5.75 Å². The highest BCUT2D eigenvalue weighted by atomic mass is 16.5. The molecule has 0 bridgehead atoms. The van der Waals surface area contributed by atoms with Crippen LogP contribution in [-0.2, 0) is 11.4 Å². The lowest BCUT2D eigenvalue weighted by Gasteiger charge is -2.33. The topological polar surface area (TPSA) is 49.8 Å². The minimum absolute atomic E-state index is 0.0195. The Hall–Kier alpha value is -1.55. The Balaban J connectivity index is 1.89. The molecular formula is C17H25NO3. The SMILES string of the molecule is CCN(C(=O)COc1cccc(CO)c1)C1CCCCC1. The first kappa shape index (κ1) is 15.8.